The monoisotopic (exact) mass is 258 g/mol. The number of likely N-dealkylation sites (tertiary alicyclic amines) is 1. The molecule has 0 aromatic carbocycles. The SMILES string of the molecule is CS(=O)(=O)C1CCCC1N1C[C@H]2CNC[C@H]2C1. The fourth-order valence-corrected chi connectivity index (χ4v) is 5.46. The molecule has 0 aromatic heterocycles. The fraction of sp³-hybridized carbons (Fsp3) is 1.00. The van der Waals surface area contributed by atoms with Crippen LogP contribution in [0.25, 0.3) is 0 Å². The molecule has 0 amide bonds. The van der Waals surface area contributed by atoms with Crippen molar-refractivity contribution in [2.45, 2.75) is 30.6 Å². The molecule has 1 N–H and O–H groups in total. The molecule has 2 heterocycles. The molecule has 1 aliphatic carbocycles. The number of fused-ring (bicyclic) bond motifs is 1. The Kier molecular flexibility index (Phi) is 2.96. The van der Waals surface area contributed by atoms with E-state index in [1.165, 1.54) is 6.26 Å². The zero-order chi connectivity index (χ0) is 12.0. The van der Waals surface area contributed by atoms with Gasteiger partial charge in [0.25, 0.3) is 0 Å². The van der Waals surface area contributed by atoms with Gasteiger partial charge in [0.05, 0.1) is 5.25 Å². The topological polar surface area (TPSA) is 49.4 Å². The van der Waals surface area contributed by atoms with Crippen LogP contribution in [0.5, 0.6) is 0 Å². The highest BCUT2D eigenvalue weighted by Gasteiger charge is 2.44. The highest BCUT2D eigenvalue weighted by molar-refractivity contribution is 7.91. The van der Waals surface area contributed by atoms with E-state index in [4.69, 9.17) is 0 Å². The van der Waals surface area contributed by atoms with Gasteiger partial charge in [-0.2, -0.15) is 0 Å². The van der Waals surface area contributed by atoms with Crippen LogP contribution < -0.4 is 5.32 Å². The van der Waals surface area contributed by atoms with Crippen molar-refractivity contribution in [2.24, 2.45) is 11.8 Å². The zero-order valence-electron chi connectivity index (χ0n) is 10.4. The van der Waals surface area contributed by atoms with Crippen LogP contribution in [-0.4, -0.2) is 57.0 Å². The quantitative estimate of drug-likeness (QED) is 0.763. The van der Waals surface area contributed by atoms with E-state index < -0.39 is 9.84 Å². The molecule has 4 nitrogen and oxygen atoms in total. The summed E-state index contributed by atoms with van der Waals surface area (Å²) in [6, 6.07) is 0.301. The van der Waals surface area contributed by atoms with E-state index in [1.807, 2.05) is 0 Å². The van der Waals surface area contributed by atoms with Crippen LogP contribution in [0.3, 0.4) is 0 Å². The van der Waals surface area contributed by atoms with Gasteiger partial charge in [0.1, 0.15) is 0 Å². The van der Waals surface area contributed by atoms with Gasteiger partial charge in [-0.25, -0.2) is 8.42 Å². The van der Waals surface area contributed by atoms with E-state index in [-0.39, 0.29) is 5.25 Å². The van der Waals surface area contributed by atoms with Crippen molar-refractivity contribution in [3.63, 3.8) is 0 Å². The Morgan fingerprint density at radius 2 is 1.76 bits per heavy atom. The maximum atomic E-state index is 11.8. The van der Waals surface area contributed by atoms with Crippen molar-refractivity contribution in [1.82, 2.24) is 10.2 Å². The lowest BCUT2D eigenvalue weighted by molar-refractivity contribution is 0.230. The van der Waals surface area contributed by atoms with E-state index in [1.54, 1.807) is 0 Å². The van der Waals surface area contributed by atoms with E-state index >= 15 is 0 Å². The average molecular weight is 258 g/mol. The first-order valence-corrected chi connectivity index (χ1v) is 8.65. The number of nitrogens with zero attached hydrogens (tertiary/aromatic N) is 1. The van der Waals surface area contributed by atoms with Crippen LogP contribution in [-0.2, 0) is 9.84 Å². The molecule has 2 aliphatic heterocycles. The lowest BCUT2D eigenvalue weighted by atomic mass is 10.0. The van der Waals surface area contributed by atoms with Crippen LogP contribution in [0.4, 0.5) is 0 Å². The second-order valence-corrected chi connectivity index (χ2v) is 8.26. The summed E-state index contributed by atoms with van der Waals surface area (Å²) in [4.78, 5) is 2.47. The summed E-state index contributed by atoms with van der Waals surface area (Å²) in [5, 5.41) is 3.33. The minimum Gasteiger partial charge on any atom is -0.316 e. The second kappa shape index (κ2) is 4.21. The minimum atomic E-state index is -2.87. The first kappa shape index (κ1) is 11.9. The number of rotatable bonds is 2. The predicted octanol–water partition coefficient (Wildman–Crippen LogP) is 0.103. The molecule has 0 spiro atoms. The summed E-state index contributed by atoms with van der Waals surface area (Å²) in [7, 11) is -2.87. The van der Waals surface area contributed by atoms with Crippen LogP contribution >= 0.6 is 0 Å². The average Bonchev–Trinajstić information content (AvgIpc) is 2.89. The number of nitrogens with one attached hydrogen (secondary N) is 1. The predicted molar refractivity (Wildman–Crippen MR) is 67.7 cm³/mol. The van der Waals surface area contributed by atoms with Crippen molar-refractivity contribution < 1.29 is 8.42 Å². The number of hydrogen-bond acceptors (Lipinski definition) is 4. The van der Waals surface area contributed by atoms with Gasteiger partial charge in [0.15, 0.2) is 9.84 Å². The molecule has 3 aliphatic rings. The molecule has 17 heavy (non-hydrogen) atoms. The van der Waals surface area contributed by atoms with Gasteiger partial charge >= 0.3 is 0 Å². The third kappa shape index (κ3) is 2.13. The van der Waals surface area contributed by atoms with E-state index in [2.05, 4.69) is 10.2 Å². The first-order chi connectivity index (χ1) is 8.05. The summed E-state index contributed by atoms with van der Waals surface area (Å²) >= 11 is 0. The summed E-state index contributed by atoms with van der Waals surface area (Å²) in [5.41, 5.74) is 0. The third-order valence-corrected chi connectivity index (χ3v) is 6.50. The van der Waals surface area contributed by atoms with E-state index in [9.17, 15) is 8.42 Å². The molecule has 0 bridgehead atoms. The van der Waals surface area contributed by atoms with Crippen molar-refractivity contribution in [3.05, 3.63) is 0 Å². The zero-order valence-corrected chi connectivity index (χ0v) is 11.2. The third-order valence-electron chi connectivity index (χ3n) is 4.85. The Balaban J connectivity index is 1.72. The lowest BCUT2D eigenvalue weighted by Crippen LogP contribution is -2.43. The highest BCUT2D eigenvalue weighted by Crippen LogP contribution is 2.35. The van der Waals surface area contributed by atoms with Gasteiger partial charge in [0, 0.05) is 25.4 Å². The Morgan fingerprint density at radius 1 is 1.12 bits per heavy atom. The molecule has 1 saturated carbocycles. The van der Waals surface area contributed by atoms with Crippen molar-refractivity contribution in [3.8, 4) is 0 Å². The van der Waals surface area contributed by atoms with Gasteiger partial charge in [0.2, 0.25) is 0 Å². The van der Waals surface area contributed by atoms with Crippen LogP contribution in [0, 0.1) is 11.8 Å². The molecular weight excluding hydrogens is 236 g/mol. The summed E-state index contributed by atoms with van der Waals surface area (Å²) in [5.74, 6) is 1.52. The largest absolute Gasteiger partial charge is 0.316 e. The van der Waals surface area contributed by atoms with Gasteiger partial charge in [-0.15, -0.1) is 0 Å². The molecule has 0 aromatic rings. The fourth-order valence-electron chi connectivity index (χ4n) is 3.99. The Hall–Kier alpha value is -0.130. The Labute approximate surface area is 104 Å². The Morgan fingerprint density at radius 3 is 2.35 bits per heavy atom. The molecule has 5 heteroatoms. The van der Waals surface area contributed by atoms with Crippen LogP contribution in [0.15, 0.2) is 0 Å². The normalized spacial score (nSPS) is 43.1. The standard InChI is InChI=1S/C12H22N2O2S/c1-17(15,16)12-4-2-3-11(12)14-7-9-5-13-6-10(9)8-14/h9-13H,2-8H2,1H3/t9-,10+,11?,12?. The lowest BCUT2D eigenvalue weighted by Gasteiger charge is -2.29. The van der Waals surface area contributed by atoms with Crippen molar-refractivity contribution in [1.29, 1.82) is 0 Å². The molecule has 2 unspecified atom stereocenters. The van der Waals surface area contributed by atoms with Crippen LogP contribution in [0.2, 0.25) is 0 Å². The van der Waals surface area contributed by atoms with Gasteiger partial charge in [-0.05, 0) is 37.8 Å². The summed E-state index contributed by atoms with van der Waals surface area (Å²) in [6.07, 6.45) is 4.43. The molecule has 4 atom stereocenters. The smallest absolute Gasteiger partial charge is 0.151 e. The minimum absolute atomic E-state index is 0.103. The van der Waals surface area contributed by atoms with Crippen LogP contribution in [0.1, 0.15) is 19.3 Å². The molecular formula is C12H22N2O2S. The maximum absolute atomic E-state index is 11.8. The molecule has 0 radical (unpaired) electrons. The van der Waals surface area contributed by atoms with E-state index in [0.29, 0.717) is 6.04 Å². The van der Waals surface area contributed by atoms with E-state index in [0.717, 1.165) is 57.3 Å². The maximum Gasteiger partial charge on any atom is 0.151 e. The van der Waals surface area contributed by atoms with Gasteiger partial charge in [-0.3, -0.25) is 4.90 Å². The Bertz CT molecular complexity index is 383. The van der Waals surface area contributed by atoms with Crippen molar-refractivity contribution >= 4 is 9.84 Å². The number of sulfone groups is 1. The molecule has 2 saturated heterocycles. The molecule has 3 fully saturated rings. The van der Waals surface area contributed by atoms with Crippen molar-refractivity contribution in [2.75, 3.05) is 32.4 Å². The van der Waals surface area contributed by atoms with Gasteiger partial charge < -0.3 is 5.32 Å². The molecule has 3 rings (SSSR count). The second-order valence-electron chi connectivity index (χ2n) is 6.00. The first-order valence-electron chi connectivity index (χ1n) is 6.69. The number of hydrogen-bond donors (Lipinski definition) is 1. The summed E-state index contributed by atoms with van der Waals surface area (Å²) < 4.78 is 23.6. The summed E-state index contributed by atoms with van der Waals surface area (Å²) in [6.45, 7) is 4.46. The highest BCUT2D eigenvalue weighted by atomic mass is 32.2. The molecule has 98 valence electrons. The van der Waals surface area contributed by atoms with Gasteiger partial charge in [-0.1, -0.05) is 6.42 Å².